The Balaban J connectivity index is 1.47. The van der Waals surface area contributed by atoms with Crippen LogP contribution >= 0.6 is 0 Å². The molecule has 0 radical (unpaired) electrons. The van der Waals surface area contributed by atoms with Gasteiger partial charge in [-0.15, -0.1) is 0 Å². The van der Waals surface area contributed by atoms with Crippen molar-refractivity contribution in [2.75, 3.05) is 0 Å². The number of hydrogen-bond acceptors (Lipinski definition) is 6. The van der Waals surface area contributed by atoms with Gasteiger partial charge >= 0.3 is 5.97 Å². The summed E-state index contributed by atoms with van der Waals surface area (Å²) in [6, 6.07) is 0. The Morgan fingerprint density at radius 1 is 1.03 bits per heavy atom. The molecular weight excluding hydrogens is 424 g/mol. The van der Waals surface area contributed by atoms with Crippen LogP contribution in [0.1, 0.15) is 76.2 Å². The highest BCUT2D eigenvalue weighted by Crippen LogP contribution is 2.68. The first-order valence-electron chi connectivity index (χ1n) is 14.0. The number of aliphatic carboxylic acids is 1. The Hall–Kier alpha value is -0.990. The Kier molecular flexibility index (Phi) is 4.92. The van der Waals surface area contributed by atoms with Gasteiger partial charge in [-0.2, -0.15) is 0 Å². The minimum Gasteiger partial charge on any atom is -0.479 e. The van der Waals surface area contributed by atoms with E-state index in [1.54, 1.807) is 0 Å². The van der Waals surface area contributed by atoms with E-state index in [2.05, 4.69) is 19.1 Å². The minimum atomic E-state index is -2.57. The smallest absolute Gasteiger partial charge is 0.335 e. The molecule has 5 rings (SSSR count). The number of fused-ring (bicyclic) bond motifs is 5. The van der Waals surface area contributed by atoms with Crippen LogP contribution in [0.4, 0.5) is 0 Å². The van der Waals surface area contributed by atoms with Crippen molar-refractivity contribution in [2.24, 2.45) is 34.5 Å². The second-order valence-corrected chi connectivity index (χ2v) is 11.7. The normalized spacial score (nSPS) is 57.7. The van der Waals surface area contributed by atoms with Crippen LogP contribution in [0, 0.1) is 34.5 Å². The van der Waals surface area contributed by atoms with E-state index in [1.807, 2.05) is 6.92 Å². The van der Waals surface area contributed by atoms with Crippen molar-refractivity contribution in [2.45, 2.75) is 108 Å². The van der Waals surface area contributed by atoms with Gasteiger partial charge in [0, 0.05) is 4.11 Å². The van der Waals surface area contributed by atoms with Gasteiger partial charge in [-0.25, -0.2) is 4.79 Å². The molecule has 0 aromatic carbocycles. The first-order chi connectivity index (χ1) is 16.8. The SMILES string of the molecule is [2H]C([2H])([2H])[C@]1(O[C@@H]2O[C@H](C(=O)O)[C@@H](O)[C@H](O)[C@H]2O)CC[C@H]2[C@@H]3CC[C@H]4CC=CC[C@]4(C)[C@H]3CC[C@@]21C. The van der Waals surface area contributed by atoms with Crippen LogP contribution in [0.2, 0.25) is 0 Å². The molecule has 4 N–H and O–H groups in total. The Morgan fingerprint density at radius 2 is 1.79 bits per heavy atom. The molecule has 4 fully saturated rings. The van der Waals surface area contributed by atoms with E-state index in [9.17, 15) is 25.2 Å². The molecule has 0 aromatic heterocycles. The van der Waals surface area contributed by atoms with Crippen molar-refractivity contribution < 1.29 is 38.8 Å². The summed E-state index contributed by atoms with van der Waals surface area (Å²) in [5.41, 5.74) is -2.20. The third-order valence-electron chi connectivity index (χ3n) is 10.5. The summed E-state index contributed by atoms with van der Waals surface area (Å²) < 4.78 is 37.4. The lowest BCUT2D eigenvalue weighted by atomic mass is 9.45. The largest absolute Gasteiger partial charge is 0.479 e. The van der Waals surface area contributed by atoms with Gasteiger partial charge in [-0.05, 0) is 92.7 Å². The van der Waals surface area contributed by atoms with E-state index < -0.39 is 54.5 Å². The predicted octanol–water partition coefficient (Wildman–Crippen LogP) is 2.86. The molecule has 7 nitrogen and oxygen atoms in total. The van der Waals surface area contributed by atoms with E-state index in [4.69, 9.17) is 13.6 Å². The van der Waals surface area contributed by atoms with E-state index >= 15 is 0 Å². The number of hydrogen-bond donors (Lipinski definition) is 4. The zero-order valence-corrected chi connectivity index (χ0v) is 19.5. The predicted molar refractivity (Wildman–Crippen MR) is 120 cm³/mol. The summed E-state index contributed by atoms with van der Waals surface area (Å²) in [6.07, 6.45) is 2.41. The second-order valence-electron chi connectivity index (χ2n) is 11.7. The van der Waals surface area contributed by atoms with Gasteiger partial charge in [0.1, 0.15) is 18.3 Å². The van der Waals surface area contributed by atoms with E-state index in [-0.39, 0.29) is 17.8 Å². The molecule has 5 aliphatic rings. The molecule has 0 unspecified atom stereocenters. The molecule has 1 aliphatic heterocycles. The fraction of sp³-hybridized carbons (Fsp3) is 0.885. The zero-order valence-electron chi connectivity index (χ0n) is 22.5. The van der Waals surface area contributed by atoms with E-state index in [0.29, 0.717) is 30.6 Å². The van der Waals surface area contributed by atoms with Crippen molar-refractivity contribution in [3.63, 3.8) is 0 Å². The fourth-order valence-electron chi connectivity index (χ4n) is 8.38. The standard InChI is InChI=1S/C26H40O7/c1-24-11-5-4-6-14(24)7-8-15-16(24)9-12-25(2)17(15)10-13-26(25,3)33-23-20(29)18(27)19(28)21(32-23)22(30)31/h4-5,14-21,23,27-29H,6-13H2,1-3H3,(H,30,31)/t14-,15-,16+,17+,18+,19+,20-,21+,23+,24+,25+,26+/m1/s1/i3D3. The minimum absolute atomic E-state index is 0.117. The second kappa shape index (κ2) is 8.02. The number of rotatable bonds is 3. The van der Waals surface area contributed by atoms with E-state index in [0.717, 1.165) is 32.1 Å². The van der Waals surface area contributed by atoms with Crippen molar-refractivity contribution in [3.05, 3.63) is 12.2 Å². The molecule has 12 atom stereocenters. The summed E-state index contributed by atoms with van der Waals surface area (Å²) in [4.78, 5) is 11.6. The molecule has 33 heavy (non-hydrogen) atoms. The van der Waals surface area contributed by atoms with Gasteiger partial charge in [0.15, 0.2) is 12.4 Å². The third-order valence-corrected chi connectivity index (χ3v) is 10.5. The lowest BCUT2D eigenvalue weighted by Crippen LogP contribution is -2.63. The molecule has 186 valence electrons. The summed E-state index contributed by atoms with van der Waals surface area (Å²) >= 11 is 0. The maximum atomic E-state index is 11.6. The first kappa shape index (κ1) is 20.2. The number of aliphatic hydroxyl groups is 3. The number of carboxylic acids is 1. The molecule has 0 spiro atoms. The number of carboxylic acid groups (broad SMARTS) is 1. The lowest BCUT2D eigenvalue weighted by Gasteiger charge is -2.61. The Bertz CT molecular complexity index is 910. The molecule has 4 aliphatic carbocycles. The molecule has 7 heteroatoms. The zero-order chi connectivity index (χ0) is 26.3. The highest BCUT2D eigenvalue weighted by molar-refractivity contribution is 5.73. The summed E-state index contributed by atoms with van der Waals surface area (Å²) in [5.74, 6) is 0.140. The van der Waals surface area contributed by atoms with Crippen LogP contribution < -0.4 is 0 Å². The Labute approximate surface area is 200 Å². The van der Waals surface area contributed by atoms with Crippen molar-refractivity contribution in [3.8, 4) is 0 Å². The maximum Gasteiger partial charge on any atom is 0.335 e. The number of ether oxygens (including phenoxy) is 2. The van der Waals surface area contributed by atoms with Crippen molar-refractivity contribution in [1.29, 1.82) is 0 Å². The molecule has 1 saturated heterocycles. The molecule has 0 amide bonds. The monoisotopic (exact) mass is 467 g/mol. The van der Waals surface area contributed by atoms with Gasteiger partial charge < -0.3 is 29.9 Å². The fourth-order valence-corrected chi connectivity index (χ4v) is 8.38. The topological polar surface area (TPSA) is 116 Å². The molecular formula is C26H40O7. The highest BCUT2D eigenvalue weighted by Gasteiger charge is 2.65. The van der Waals surface area contributed by atoms with Crippen LogP contribution in [0.5, 0.6) is 0 Å². The van der Waals surface area contributed by atoms with Gasteiger partial charge in [-0.3, -0.25) is 0 Å². The van der Waals surface area contributed by atoms with Gasteiger partial charge in [0.25, 0.3) is 0 Å². The van der Waals surface area contributed by atoms with Crippen molar-refractivity contribution >= 4 is 5.97 Å². The van der Waals surface area contributed by atoms with Crippen LogP contribution in [0.15, 0.2) is 12.2 Å². The van der Waals surface area contributed by atoms with Gasteiger partial charge in [0.05, 0.1) is 5.60 Å². The molecule has 0 aromatic rings. The summed E-state index contributed by atoms with van der Waals surface area (Å²) in [6.45, 7) is 1.83. The van der Waals surface area contributed by atoms with Crippen LogP contribution in [-0.4, -0.2) is 62.7 Å². The summed E-state index contributed by atoms with van der Waals surface area (Å²) in [7, 11) is 0. The third kappa shape index (κ3) is 3.37. The van der Waals surface area contributed by atoms with Gasteiger partial charge in [0.2, 0.25) is 0 Å². The molecule has 0 bridgehead atoms. The summed E-state index contributed by atoms with van der Waals surface area (Å²) in [5, 5.41) is 40.5. The highest BCUT2D eigenvalue weighted by atomic mass is 16.7. The number of carbonyl (C=O) groups is 1. The lowest BCUT2D eigenvalue weighted by molar-refractivity contribution is -0.332. The van der Waals surface area contributed by atoms with Crippen LogP contribution in [0.25, 0.3) is 0 Å². The van der Waals surface area contributed by atoms with Crippen LogP contribution in [-0.2, 0) is 14.3 Å². The van der Waals surface area contributed by atoms with E-state index in [1.165, 1.54) is 0 Å². The molecule has 1 heterocycles. The molecule has 3 saturated carbocycles. The maximum absolute atomic E-state index is 11.6. The quantitative estimate of drug-likeness (QED) is 0.472. The number of allylic oxidation sites excluding steroid dienone is 2. The van der Waals surface area contributed by atoms with Crippen molar-refractivity contribution in [1.82, 2.24) is 0 Å². The number of aliphatic hydroxyl groups excluding tert-OH is 3. The van der Waals surface area contributed by atoms with Crippen LogP contribution in [0.3, 0.4) is 0 Å². The van der Waals surface area contributed by atoms with Gasteiger partial charge in [-0.1, -0.05) is 26.0 Å². The first-order valence-corrected chi connectivity index (χ1v) is 12.5. The Morgan fingerprint density at radius 3 is 2.52 bits per heavy atom. The average molecular weight is 468 g/mol. The average Bonchev–Trinajstić information content (AvgIpc) is 3.12.